The highest BCUT2D eigenvalue weighted by atomic mass is 15.3. The molecule has 1 aromatic carbocycles. The van der Waals surface area contributed by atoms with Crippen molar-refractivity contribution >= 4 is 10.9 Å². The van der Waals surface area contributed by atoms with Crippen molar-refractivity contribution < 1.29 is 0 Å². The summed E-state index contributed by atoms with van der Waals surface area (Å²) in [7, 11) is 0. The first kappa shape index (κ1) is 11.1. The summed E-state index contributed by atoms with van der Waals surface area (Å²) in [6.45, 7) is 7.18. The van der Waals surface area contributed by atoms with Crippen LogP contribution >= 0.6 is 0 Å². The highest BCUT2D eigenvalue weighted by Gasteiger charge is 2.10. The molecule has 1 atom stereocenters. The molecule has 0 saturated heterocycles. The molecular weight excluding hydrogens is 198 g/mol. The molecule has 0 amide bonds. The fourth-order valence-electron chi connectivity index (χ4n) is 2.16. The molecule has 16 heavy (non-hydrogen) atoms. The van der Waals surface area contributed by atoms with Gasteiger partial charge < -0.3 is 5.73 Å². The molecule has 2 rings (SSSR count). The first-order chi connectivity index (χ1) is 7.63. The van der Waals surface area contributed by atoms with Gasteiger partial charge in [-0.25, -0.2) is 0 Å². The first-order valence-electron chi connectivity index (χ1n) is 5.84. The molecule has 0 saturated carbocycles. The van der Waals surface area contributed by atoms with Crippen LogP contribution in [0.4, 0.5) is 0 Å². The van der Waals surface area contributed by atoms with E-state index in [0.29, 0.717) is 0 Å². The summed E-state index contributed by atoms with van der Waals surface area (Å²) in [5.41, 5.74) is 9.46. The van der Waals surface area contributed by atoms with E-state index in [9.17, 15) is 0 Å². The molecule has 0 aliphatic heterocycles. The molecule has 0 bridgehead atoms. The van der Waals surface area contributed by atoms with Gasteiger partial charge in [0.25, 0.3) is 0 Å². The van der Waals surface area contributed by atoms with Crippen LogP contribution in [0.3, 0.4) is 0 Å². The molecule has 2 aromatic rings. The molecule has 0 aliphatic rings. The van der Waals surface area contributed by atoms with Crippen LogP contribution in [0.2, 0.25) is 0 Å². The topological polar surface area (TPSA) is 43.8 Å². The number of hydrogen-bond donors (Lipinski definition) is 1. The lowest BCUT2D eigenvalue weighted by Gasteiger charge is -2.05. The Labute approximate surface area is 96.2 Å². The minimum Gasteiger partial charge on any atom is -0.328 e. The maximum absolute atomic E-state index is 5.86. The molecule has 0 spiro atoms. The molecule has 0 fully saturated rings. The molecule has 3 heteroatoms. The molecule has 3 nitrogen and oxygen atoms in total. The van der Waals surface area contributed by atoms with Crippen molar-refractivity contribution in [3.05, 3.63) is 29.5 Å². The Bertz CT molecular complexity index is 497. The predicted octanol–water partition coefficient (Wildman–Crippen LogP) is 2.25. The van der Waals surface area contributed by atoms with Gasteiger partial charge in [0, 0.05) is 23.7 Å². The zero-order chi connectivity index (χ0) is 11.7. The Morgan fingerprint density at radius 1 is 1.44 bits per heavy atom. The minimum absolute atomic E-state index is 0.178. The van der Waals surface area contributed by atoms with Crippen molar-refractivity contribution in [3.8, 4) is 0 Å². The van der Waals surface area contributed by atoms with Crippen LogP contribution in [0.5, 0.6) is 0 Å². The maximum Gasteiger partial charge on any atom is 0.0958 e. The second-order valence-electron chi connectivity index (χ2n) is 4.40. The average Bonchev–Trinajstić information content (AvgIpc) is 2.56. The number of aromatic nitrogens is 2. The Morgan fingerprint density at radius 3 is 2.81 bits per heavy atom. The lowest BCUT2D eigenvalue weighted by Crippen LogP contribution is -2.17. The van der Waals surface area contributed by atoms with Crippen LogP contribution in [0.15, 0.2) is 18.2 Å². The lowest BCUT2D eigenvalue weighted by atomic mass is 10.0. The Morgan fingerprint density at radius 2 is 2.19 bits per heavy atom. The number of aryl methyl sites for hydroxylation is 2. The number of benzene rings is 1. The molecule has 2 N–H and O–H groups in total. The van der Waals surface area contributed by atoms with Crippen LogP contribution in [-0.2, 0) is 13.0 Å². The minimum atomic E-state index is 0.178. The van der Waals surface area contributed by atoms with Gasteiger partial charge in [-0.3, -0.25) is 4.68 Å². The summed E-state index contributed by atoms with van der Waals surface area (Å²) in [6, 6.07) is 6.53. The summed E-state index contributed by atoms with van der Waals surface area (Å²) in [6.07, 6.45) is 0.886. The summed E-state index contributed by atoms with van der Waals surface area (Å²) in [4.78, 5) is 0. The van der Waals surface area contributed by atoms with E-state index in [2.05, 4.69) is 41.8 Å². The molecule has 1 heterocycles. The zero-order valence-electron chi connectivity index (χ0n) is 10.2. The van der Waals surface area contributed by atoms with Crippen LogP contribution < -0.4 is 5.73 Å². The molecular formula is C13H19N3. The Balaban J connectivity index is 2.59. The number of rotatable bonds is 3. The number of nitrogens with zero attached hydrogens (tertiary/aromatic N) is 2. The number of hydrogen-bond acceptors (Lipinski definition) is 2. The van der Waals surface area contributed by atoms with Crippen molar-refractivity contribution in [2.75, 3.05) is 0 Å². The van der Waals surface area contributed by atoms with Crippen LogP contribution in [0.25, 0.3) is 10.9 Å². The summed E-state index contributed by atoms with van der Waals surface area (Å²) in [5.74, 6) is 0. The standard InChI is InChI=1S/C13H19N3/c1-4-16-10(3)12-7-5-6-11(8-9(2)14)13(12)15-16/h5-7,9H,4,8,14H2,1-3H3. The monoisotopic (exact) mass is 217 g/mol. The lowest BCUT2D eigenvalue weighted by molar-refractivity contribution is 0.646. The highest BCUT2D eigenvalue weighted by molar-refractivity contribution is 5.84. The first-order valence-corrected chi connectivity index (χ1v) is 5.84. The largest absolute Gasteiger partial charge is 0.328 e. The number of fused-ring (bicyclic) bond motifs is 1. The van der Waals surface area contributed by atoms with Crippen LogP contribution in [-0.4, -0.2) is 15.8 Å². The van der Waals surface area contributed by atoms with E-state index in [0.717, 1.165) is 18.5 Å². The van der Waals surface area contributed by atoms with E-state index in [1.807, 2.05) is 6.92 Å². The van der Waals surface area contributed by atoms with E-state index in [1.165, 1.54) is 16.6 Å². The van der Waals surface area contributed by atoms with E-state index >= 15 is 0 Å². The van der Waals surface area contributed by atoms with Gasteiger partial charge in [-0.1, -0.05) is 18.2 Å². The van der Waals surface area contributed by atoms with Gasteiger partial charge >= 0.3 is 0 Å². The van der Waals surface area contributed by atoms with E-state index in [1.54, 1.807) is 0 Å². The normalized spacial score (nSPS) is 13.2. The van der Waals surface area contributed by atoms with Gasteiger partial charge in [0.15, 0.2) is 0 Å². The molecule has 0 aliphatic carbocycles. The molecule has 86 valence electrons. The van der Waals surface area contributed by atoms with Crippen molar-refractivity contribution in [1.29, 1.82) is 0 Å². The van der Waals surface area contributed by atoms with Gasteiger partial charge in [0.1, 0.15) is 0 Å². The maximum atomic E-state index is 5.86. The van der Waals surface area contributed by atoms with E-state index in [4.69, 9.17) is 5.73 Å². The number of nitrogens with two attached hydrogens (primary N) is 1. The molecule has 1 unspecified atom stereocenters. The third-order valence-corrected chi connectivity index (χ3v) is 2.96. The van der Waals surface area contributed by atoms with Crippen LogP contribution in [0, 0.1) is 6.92 Å². The summed E-state index contributed by atoms with van der Waals surface area (Å²) >= 11 is 0. The predicted molar refractivity (Wildman–Crippen MR) is 67.5 cm³/mol. The van der Waals surface area contributed by atoms with Gasteiger partial charge in [-0.2, -0.15) is 5.10 Å². The fourth-order valence-corrected chi connectivity index (χ4v) is 2.16. The SMILES string of the molecule is CCn1nc2c(CC(C)N)cccc2c1C. The highest BCUT2D eigenvalue weighted by Crippen LogP contribution is 2.22. The van der Waals surface area contributed by atoms with Crippen molar-refractivity contribution in [2.24, 2.45) is 5.73 Å². The van der Waals surface area contributed by atoms with E-state index in [-0.39, 0.29) is 6.04 Å². The quantitative estimate of drug-likeness (QED) is 0.857. The second-order valence-corrected chi connectivity index (χ2v) is 4.40. The second kappa shape index (κ2) is 4.26. The van der Waals surface area contributed by atoms with Gasteiger partial charge in [0.05, 0.1) is 5.52 Å². The fraction of sp³-hybridized carbons (Fsp3) is 0.462. The zero-order valence-corrected chi connectivity index (χ0v) is 10.2. The Hall–Kier alpha value is -1.35. The summed E-state index contributed by atoms with van der Waals surface area (Å²) in [5, 5.41) is 5.89. The van der Waals surface area contributed by atoms with Crippen LogP contribution in [0.1, 0.15) is 25.1 Å². The van der Waals surface area contributed by atoms with Crippen molar-refractivity contribution in [2.45, 2.75) is 39.8 Å². The van der Waals surface area contributed by atoms with Crippen molar-refractivity contribution in [3.63, 3.8) is 0 Å². The third kappa shape index (κ3) is 1.83. The van der Waals surface area contributed by atoms with Gasteiger partial charge in [-0.05, 0) is 32.8 Å². The average molecular weight is 217 g/mol. The van der Waals surface area contributed by atoms with E-state index < -0.39 is 0 Å². The molecule has 0 radical (unpaired) electrons. The van der Waals surface area contributed by atoms with Gasteiger partial charge in [-0.15, -0.1) is 0 Å². The molecule has 1 aromatic heterocycles. The third-order valence-electron chi connectivity index (χ3n) is 2.96. The summed E-state index contributed by atoms with van der Waals surface area (Å²) < 4.78 is 2.05. The van der Waals surface area contributed by atoms with Crippen molar-refractivity contribution in [1.82, 2.24) is 9.78 Å². The Kier molecular flexibility index (Phi) is 2.97. The smallest absolute Gasteiger partial charge is 0.0958 e. The van der Waals surface area contributed by atoms with Gasteiger partial charge in [0.2, 0.25) is 0 Å².